The number of hydrogen-bond donors (Lipinski definition) is 1. The highest BCUT2D eigenvalue weighted by Crippen LogP contribution is 2.13. The second-order valence-corrected chi connectivity index (χ2v) is 5.30. The molecule has 1 amide bonds. The molecule has 6 heteroatoms. The SMILES string of the molecule is CCOC(=O)N/N=C(\CC(=O)c1ccc(Cl)cc1)c1ccccc1. The van der Waals surface area contributed by atoms with Gasteiger partial charge < -0.3 is 4.74 Å². The normalized spacial score (nSPS) is 11.0. The maximum absolute atomic E-state index is 12.4. The zero-order valence-electron chi connectivity index (χ0n) is 13.2. The van der Waals surface area contributed by atoms with Crippen LogP contribution in [0, 0.1) is 0 Å². The lowest BCUT2D eigenvalue weighted by atomic mass is 10.0. The average molecular weight is 345 g/mol. The first-order chi connectivity index (χ1) is 11.6. The summed E-state index contributed by atoms with van der Waals surface area (Å²) in [7, 11) is 0. The van der Waals surface area contributed by atoms with Crippen molar-refractivity contribution in [2.24, 2.45) is 5.10 Å². The number of Topliss-reactive ketones (excluding diaryl/α,β-unsaturated/α-hetero) is 1. The van der Waals surface area contributed by atoms with E-state index in [2.05, 4.69) is 10.5 Å². The summed E-state index contributed by atoms with van der Waals surface area (Å²) in [6.07, 6.45) is -0.622. The third kappa shape index (κ3) is 5.21. The van der Waals surface area contributed by atoms with Crippen molar-refractivity contribution in [3.63, 3.8) is 0 Å². The van der Waals surface area contributed by atoms with Crippen molar-refractivity contribution in [2.45, 2.75) is 13.3 Å². The standard InChI is InChI=1S/C18H17ClN2O3/c1-2-24-18(23)21-20-16(13-6-4-3-5-7-13)12-17(22)14-8-10-15(19)11-9-14/h3-11H,2,12H2,1H3,(H,21,23)/b20-16+. The summed E-state index contributed by atoms with van der Waals surface area (Å²) >= 11 is 5.84. The number of ether oxygens (including phenoxy) is 1. The summed E-state index contributed by atoms with van der Waals surface area (Å²) in [6, 6.07) is 15.8. The Morgan fingerprint density at radius 3 is 2.33 bits per heavy atom. The molecule has 0 unspecified atom stereocenters. The van der Waals surface area contributed by atoms with Gasteiger partial charge in [-0.05, 0) is 36.8 Å². The van der Waals surface area contributed by atoms with Crippen molar-refractivity contribution in [2.75, 3.05) is 6.61 Å². The summed E-state index contributed by atoms with van der Waals surface area (Å²) in [6.45, 7) is 1.94. The van der Waals surface area contributed by atoms with E-state index in [1.807, 2.05) is 30.3 Å². The van der Waals surface area contributed by atoms with Crippen molar-refractivity contribution in [3.05, 3.63) is 70.7 Å². The lowest BCUT2D eigenvalue weighted by Crippen LogP contribution is -2.22. The minimum atomic E-state index is -0.662. The number of hydrogen-bond acceptors (Lipinski definition) is 4. The highest BCUT2D eigenvalue weighted by molar-refractivity contribution is 6.30. The van der Waals surface area contributed by atoms with Gasteiger partial charge in [0.1, 0.15) is 0 Å². The van der Waals surface area contributed by atoms with E-state index in [-0.39, 0.29) is 18.8 Å². The Bertz CT molecular complexity index is 728. The molecule has 0 saturated heterocycles. The van der Waals surface area contributed by atoms with E-state index in [4.69, 9.17) is 16.3 Å². The first-order valence-electron chi connectivity index (χ1n) is 7.43. The first-order valence-corrected chi connectivity index (χ1v) is 7.81. The van der Waals surface area contributed by atoms with Crippen molar-refractivity contribution in [1.29, 1.82) is 0 Å². The van der Waals surface area contributed by atoms with Crippen LogP contribution in [0.25, 0.3) is 0 Å². The van der Waals surface area contributed by atoms with Crippen molar-refractivity contribution < 1.29 is 14.3 Å². The van der Waals surface area contributed by atoms with Crippen molar-refractivity contribution in [3.8, 4) is 0 Å². The average Bonchev–Trinajstić information content (AvgIpc) is 2.60. The van der Waals surface area contributed by atoms with E-state index in [1.54, 1.807) is 31.2 Å². The number of carbonyl (C=O) groups is 2. The largest absolute Gasteiger partial charge is 0.449 e. The van der Waals surface area contributed by atoms with E-state index >= 15 is 0 Å². The Labute approximate surface area is 145 Å². The summed E-state index contributed by atoms with van der Waals surface area (Å²) in [5.74, 6) is -0.125. The maximum Gasteiger partial charge on any atom is 0.427 e. The van der Waals surface area contributed by atoms with Crippen LogP contribution < -0.4 is 5.43 Å². The smallest absolute Gasteiger partial charge is 0.427 e. The molecule has 0 aliphatic heterocycles. The van der Waals surface area contributed by atoms with Gasteiger partial charge in [-0.2, -0.15) is 5.10 Å². The molecule has 0 bridgehead atoms. The molecule has 0 fully saturated rings. The van der Waals surface area contributed by atoms with Crippen LogP contribution in [0.3, 0.4) is 0 Å². The van der Waals surface area contributed by atoms with Gasteiger partial charge >= 0.3 is 6.09 Å². The Balaban J connectivity index is 2.19. The molecule has 2 aromatic carbocycles. The van der Waals surface area contributed by atoms with Crippen LogP contribution in [0.1, 0.15) is 29.3 Å². The molecular formula is C18H17ClN2O3. The van der Waals surface area contributed by atoms with Crippen LogP contribution in [-0.2, 0) is 4.74 Å². The molecule has 124 valence electrons. The topological polar surface area (TPSA) is 67.8 Å². The van der Waals surface area contributed by atoms with E-state index < -0.39 is 6.09 Å². The van der Waals surface area contributed by atoms with Crippen molar-refractivity contribution in [1.82, 2.24) is 5.43 Å². The molecule has 0 saturated carbocycles. The Morgan fingerprint density at radius 1 is 1.04 bits per heavy atom. The molecule has 0 atom stereocenters. The molecule has 24 heavy (non-hydrogen) atoms. The molecule has 0 heterocycles. The molecule has 0 spiro atoms. The van der Waals surface area contributed by atoms with Gasteiger partial charge in [0.2, 0.25) is 0 Å². The number of nitrogens with one attached hydrogen (secondary N) is 1. The van der Waals surface area contributed by atoms with E-state index in [9.17, 15) is 9.59 Å². The highest BCUT2D eigenvalue weighted by Gasteiger charge is 2.13. The fourth-order valence-electron chi connectivity index (χ4n) is 2.00. The molecule has 0 aromatic heterocycles. The van der Waals surface area contributed by atoms with Gasteiger partial charge in [0.25, 0.3) is 0 Å². The van der Waals surface area contributed by atoms with Crippen LogP contribution in [0.5, 0.6) is 0 Å². The summed E-state index contributed by atoms with van der Waals surface area (Å²) in [4.78, 5) is 23.9. The first kappa shape index (κ1) is 17.7. The van der Waals surface area contributed by atoms with Crippen LogP contribution in [0.2, 0.25) is 5.02 Å². The Kier molecular flexibility index (Phi) is 6.51. The molecule has 1 N–H and O–H groups in total. The van der Waals surface area contributed by atoms with Gasteiger partial charge in [0.15, 0.2) is 5.78 Å². The number of nitrogens with zero attached hydrogens (tertiary/aromatic N) is 1. The van der Waals surface area contributed by atoms with E-state index in [0.29, 0.717) is 16.3 Å². The van der Waals surface area contributed by atoms with Gasteiger partial charge in [-0.3, -0.25) is 4.79 Å². The van der Waals surface area contributed by atoms with Crippen molar-refractivity contribution >= 4 is 29.2 Å². The van der Waals surface area contributed by atoms with Crippen LogP contribution >= 0.6 is 11.6 Å². The summed E-state index contributed by atoms with van der Waals surface area (Å²) < 4.78 is 4.77. The molecule has 0 radical (unpaired) electrons. The molecule has 0 aliphatic carbocycles. The number of hydrazone groups is 1. The van der Waals surface area contributed by atoms with Gasteiger partial charge in [0, 0.05) is 10.6 Å². The quantitative estimate of drug-likeness (QED) is 0.488. The Hall–Kier alpha value is -2.66. The number of halogens is 1. The lowest BCUT2D eigenvalue weighted by Gasteiger charge is -2.07. The second kappa shape index (κ2) is 8.84. The van der Waals surface area contributed by atoms with Crippen LogP contribution in [0.4, 0.5) is 4.79 Å². The minimum Gasteiger partial charge on any atom is -0.449 e. The molecule has 5 nitrogen and oxygen atoms in total. The predicted octanol–water partition coefficient (Wildman–Crippen LogP) is 4.06. The number of benzene rings is 2. The molecule has 2 rings (SSSR count). The highest BCUT2D eigenvalue weighted by atomic mass is 35.5. The third-order valence-corrected chi connectivity index (χ3v) is 3.41. The third-order valence-electron chi connectivity index (χ3n) is 3.16. The zero-order chi connectivity index (χ0) is 17.4. The fraction of sp³-hybridized carbons (Fsp3) is 0.167. The lowest BCUT2D eigenvalue weighted by molar-refractivity contribution is 0.1000. The minimum absolute atomic E-state index is 0.0397. The second-order valence-electron chi connectivity index (χ2n) is 4.86. The van der Waals surface area contributed by atoms with Gasteiger partial charge in [-0.1, -0.05) is 41.9 Å². The molecule has 2 aromatic rings. The molecule has 0 aliphatic rings. The van der Waals surface area contributed by atoms with Gasteiger partial charge in [-0.15, -0.1) is 0 Å². The maximum atomic E-state index is 12.4. The van der Waals surface area contributed by atoms with Crippen LogP contribution in [0.15, 0.2) is 59.7 Å². The monoisotopic (exact) mass is 344 g/mol. The summed E-state index contributed by atoms with van der Waals surface area (Å²) in [5, 5.41) is 4.60. The zero-order valence-corrected chi connectivity index (χ0v) is 13.9. The number of amides is 1. The van der Waals surface area contributed by atoms with Crippen LogP contribution in [-0.4, -0.2) is 24.2 Å². The predicted molar refractivity (Wildman–Crippen MR) is 93.5 cm³/mol. The van der Waals surface area contributed by atoms with E-state index in [0.717, 1.165) is 5.56 Å². The summed E-state index contributed by atoms with van der Waals surface area (Å²) in [5.41, 5.74) is 4.02. The fourth-order valence-corrected chi connectivity index (χ4v) is 2.13. The van der Waals surface area contributed by atoms with Gasteiger partial charge in [-0.25, -0.2) is 10.2 Å². The molecular weight excluding hydrogens is 328 g/mol. The number of ketones is 1. The van der Waals surface area contributed by atoms with Gasteiger partial charge in [0.05, 0.1) is 18.7 Å². The number of carbonyl (C=O) groups excluding carboxylic acids is 2. The van der Waals surface area contributed by atoms with E-state index in [1.165, 1.54) is 0 Å². The Morgan fingerprint density at radius 2 is 1.71 bits per heavy atom. The number of rotatable bonds is 6.